The highest BCUT2D eigenvalue weighted by molar-refractivity contribution is 7.88. The van der Waals surface area contributed by atoms with Gasteiger partial charge in [-0.25, -0.2) is 4.79 Å². The van der Waals surface area contributed by atoms with Crippen molar-refractivity contribution in [2.75, 3.05) is 48.8 Å². The lowest BCUT2D eigenvalue weighted by Gasteiger charge is -2.23. The predicted octanol–water partition coefficient (Wildman–Crippen LogP) is 14.4. The second-order valence-corrected chi connectivity index (χ2v) is 21.6. The van der Waals surface area contributed by atoms with Gasteiger partial charge in [0.25, 0.3) is 0 Å². The van der Waals surface area contributed by atoms with Crippen molar-refractivity contribution in [3.8, 4) is 40.2 Å². The normalized spacial score (nSPS) is 11.8. The molecule has 0 aliphatic carbocycles. The highest BCUT2D eigenvalue weighted by atomic mass is 32.2. The Morgan fingerprint density at radius 3 is 1.26 bits per heavy atom. The lowest BCUT2D eigenvalue weighted by molar-refractivity contribution is -0.0500. The van der Waals surface area contributed by atoms with Crippen LogP contribution in [0.4, 0.5) is 18.0 Å². The number of methoxy groups -OCH3 is 5. The second kappa shape index (κ2) is 30.0. The van der Waals surface area contributed by atoms with Crippen LogP contribution in [0.15, 0.2) is 189 Å². The molecule has 86 heavy (non-hydrogen) atoms. The highest BCUT2D eigenvalue weighted by Crippen LogP contribution is 2.32. The highest BCUT2D eigenvalue weighted by Gasteiger charge is 2.48. The second-order valence-electron chi connectivity index (χ2n) is 20.0. The van der Waals surface area contributed by atoms with Gasteiger partial charge in [0.1, 0.15) is 45.8 Å². The van der Waals surface area contributed by atoms with E-state index in [4.69, 9.17) is 39.3 Å². The van der Waals surface area contributed by atoms with Gasteiger partial charge in [0.2, 0.25) is 0 Å². The number of rotatable bonds is 13. The summed E-state index contributed by atoms with van der Waals surface area (Å²) in [5.41, 5.74) is 2.60. The Bertz CT molecular complexity index is 4040. The van der Waals surface area contributed by atoms with Crippen molar-refractivity contribution >= 4 is 76.1 Å². The predicted molar refractivity (Wildman–Crippen MR) is 333 cm³/mol. The number of hydrogen-bond acceptors (Lipinski definition) is 14. The van der Waals surface area contributed by atoms with Crippen molar-refractivity contribution in [2.45, 2.75) is 44.0 Å². The number of aliphatic hydroxyl groups excluding tert-OH is 2. The first-order valence-electron chi connectivity index (χ1n) is 26.6. The molecule has 0 heterocycles. The molecule has 1 amide bonds. The van der Waals surface area contributed by atoms with Gasteiger partial charge in [0, 0.05) is 0 Å². The minimum atomic E-state index is -5.67. The van der Waals surface area contributed by atoms with Crippen LogP contribution in [-0.2, 0) is 14.9 Å². The minimum absolute atomic E-state index is 0.0462. The molecule has 0 radical (unpaired) electrons. The maximum Gasteiger partial charge on any atom is 0.534 e. The van der Waals surface area contributed by atoms with E-state index in [1.165, 1.54) is 30.0 Å². The van der Waals surface area contributed by atoms with E-state index in [2.05, 4.69) is 40.3 Å². The van der Waals surface area contributed by atoms with Crippen LogP contribution in [0.5, 0.6) is 40.2 Å². The SMILES string of the molecule is C=Cc1ccc2ccc(OC)cc2c1.COc1ccc2ccc(O)cc2c1.COc1ccc2ccc(OS(=O)(=O)C(F)(F)F)cc2c1.COc1ccc2ccc([C@@H](N)CO)cc2c1.COc1ccc2ccc([C@H](CO)NC(=O)OC(C)(C)C)cc2c1. The van der Waals surface area contributed by atoms with Gasteiger partial charge >= 0.3 is 21.7 Å². The van der Waals surface area contributed by atoms with Crippen molar-refractivity contribution in [3.63, 3.8) is 0 Å². The zero-order valence-corrected chi connectivity index (χ0v) is 49.5. The molecule has 0 unspecified atom stereocenters. The Kier molecular flexibility index (Phi) is 23.0. The molecular formula is C67H69F3N2O13S. The third kappa shape index (κ3) is 18.6. The summed E-state index contributed by atoms with van der Waals surface area (Å²) in [7, 11) is 2.34. The van der Waals surface area contributed by atoms with Crippen LogP contribution in [0, 0.1) is 0 Å². The molecule has 0 saturated heterocycles. The first kappa shape index (κ1) is 65.9. The number of phenols is 1. The zero-order valence-electron chi connectivity index (χ0n) is 48.7. The number of alkyl halides is 3. The fourth-order valence-electron chi connectivity index (χ4n) is 8.37. The van der Waals surface area contributed by atoms with Crippen LogP contribution in [0.3, 0.4) is 0 Å². The maximum atomic E-state index is 12.2. The number of benzene rings is 10. The quantitative estimate of drug-likeness (QED) is 0.0537. The van der Waals surface area contributed by atoms with Gasteiger partial charge < -0.3 is 59.0 Å². The first-order valence-corrected chi connectivity index (χ1v) is 28.0. The number of hydrogen-bond donors (Lipinski definition) is 5. The lowest BCUT2D eigenvalue weighted by atomic mass is 10.0. The fourth-order valence-corrected chi connectivity index (χ4v) is 8.82. The average molecular weight is 1200 g/mol. The molecular weight excluding hydrogens is 1130 g/mol. The molecule has 6 N–H and O–H groups in total. The summed E-state index contributed by atoms with van der Waals surface area (Å²) < 4.78 is 93.4. The molecule has 0 spiro atoms. The van der Waals surface area contributed by atoms with Crippen LogP contribution in [0.25, 0.3) is 59.9 Å². The van der Waals surface area contributed by atoms with E-state index in [1.807, 2.05) is 115 Å². The smallest absolute Gasteiger partial charge is 0.508 e. The van der Waals surface area contributed by atoms with Gasteiger partial charge in [-0.2, -0.15) is 21.6 Å². The maximum absolute atomic E-state index is 12.2. The fraction of sp³-hybridized carbons (Fsp3) is 0.209. The molecule has 452 valence electrons. The van der Waals surface area contributed by atoms with Crippen molar-refractivity contribution < 1.29 is 74.3 Å². The first-order chi connectivity index (χ1) is 40.9. The minimum Gasteiger partial charge on any atom is -0.508 e. The number of halogens is 3. The van der Waals surface area contributed by atoms with E-state index >= 15 is 0 Å². The summed E-state index contributed by atoms with van der Waals surface area (Å²) in [5.74, 6) is 3.63. The Morgan fingerprint density at radius 1 is 0.512 bits per heavy atom. The molecule has 10 rings (SSSR count). The van der Waals surface area contributed by atoms with Crippen LogP contribution in [-0.4, -0.2) is 89.7 Å². The molecule has 10 aromatic rings. The van der Waals surface area contributed by atoms with Gasteiger partial charge in [-0.15, -0.1) is 0 Å². The molecule has 0 fully saturated rings. The lowest BCUT2D eigenvalue weighted by Crippen LogP contribution is -2.36. The number of alkyl carbamates (subject to hydrolysis) is 1. The molecule has 0 bridgehead atoms. The van der Waals surface area contributed by atoms with E-state index in [9.17, 15) is 36.6 Å². The molecule has 0 aliphatic rings. The molecule has 19 heteroatoms. The summed E-state index contributed by atoms with van der Waals surface area (Å²) >= 11 is 0. The molecule has 0 aromatic heterocycles. The molecule has 0 aliphatic heterocycles. The van der Waals surface area contributed by atoms with Crippen molar-refractivity contribution in [1.29, 1.82) is 0 Å². The largest absolute Gasteiger partial charge is 0.534 e. The number of phenolic OH excluding ortho intramolecular Hbond substituents is 1. The summed E-state index contributed by atoms with van der Waals surface area (Å²) in [6.07, 6.45) is 1.29. The Morgan fingerprint density at radius 2 is 0.860 bits per heavy atom. The summed E-state index contributed by atoms with van der Waals surface area (Å²) in [6, 6.07) is 54.6. The van der Waals surface area contributed by atoms with E-state index in [-0.39, 0.29) is 25.0 Å². The van der Waals surface area contributed by atoms with E-state index < -0.39 is 39.1 Å². The van der Waals surface area contributed by atoms with Gasteiger partial charge in [-0.3, -0.25) is 0 Å². The Labute approximate surface area is 497 Å². The van der Waals surface area contributed by atoms with Crippen molar-refractivity contribution in [3.05, 3.63) is 205 Å². The van der Waals surface area contributed by atoms with E-state index in [0.29, 0.717) is 16.5 Å². The van der Waals surface area contributed by atoms with E-state index in [0.717, 1.165) is 78.1 Å². The number of carbonyl (C=O) groups is 1. The number of aliphatic hydroxyl groups is 2. The van der Waals surface area contributed by atoms with Gasteiger partial charge in [-0.05, 0) is 194 Å². The molecule has 2 atom stereocenters. The monoisotopic (exact) mass is 1200 g/mol. The molecule has 15 nitrogen and oxygen atoms in total. The topological polar surface area (TPSA) is 215 Å². The van der Waals surface area contributed by atoms with Crippen molar-refractivity contribution in [1.82, 2.24) is 5.32 Å². The van der Waals surface area contributed by atoms with Gasteiger partial charge in [-0.1, -0.05) is 91.5 Å². The van der Waals surface area contributed by atoms with Gasteiger partial charge in [0.05, 0.1) is 60.8 Å². The summed E-state index contributed by atoms with van der Waals surface area (Å²) in [4.78, 5) is 11.9. The van der Waals surface area contributed by atoms with E-state index in [1.54, 1.807) is 79.5 Å². The van der Waals surface area contributed by atoms with Crippen LogP contribution < -0.4 is 38.9 Å². The molecule has 10 aromatic carbocycles. The Balaban J connectivity index is 0.000000174. The number of nitrogens with two attached hydrogens (primary N) is 1. The average Bonchev–Trinajstić information content (AvgIpc) is 2.14. The third-order valence-corrected chi connectivity index (χ3v) is 13.9. The number of amides is 1. The molecule has 0 saturated carbocycles. The van der Waals surface area contributed by atoms with Gasteiger partial charge in [0.15, 0.2) is 0 Å². The summed E-state index contributed by atoms with van der Waals surface area (Å²) in [5, 5.41) is 40.5. The number of carbonyl (C=O) groups excluding carboxylic acids is 1. The zero-order chi connectivity index (χ0) is 62.8. The number of fused-ring (bicyclic) bond motifs is 5. The Hall–Kier alpha value is -9.27. The summed E-state index contributed by atoms with van der Waals surface area (Å²) in [6.45, 7) is 8.87. The van der Waals surface area contributed by atoms with Crippen LogP contribution in [0.1, 0.15) is 49.5 Å². The van der Waals surface area contributed by atoms with Crippen molar-refractivity contribution in [2.24, 2.45) is 5.73 Å². The van der Waals surface area contributed by atoms with Crippen LogP contribution in [0.2, 0.25) is 0 Å². The standard InChI is InChI=1S/C18H23NO4.C13H15NO2.C13H12O.C12H9F3O4S.C11H10O2/c1-18(2,3)23-17(21)19-16(11-20)13-6-5-12-7-8-15(22-4)10-14(12)9-13;1-16-12-5-4-9-2-3-10(13(14)8-15)6-11(9)7-12;1-3-10-4-5-11-6-7-13(14-2)9-12(11)8-10;1-18-10-4-2-8-3-5-11(7-9(8)6-10)19-20(16,17)12(13,14)15;1-13-11-5-3-8-2-4-10(12)6-9(8)7-11/h5-10,16,20H,11H2,1-4H3,(H,19,21);2-7,13,15H,8,14H2,1H3;3-9H,1H2,2H3;2-7H,1H3;2-7,12H,1H3/t16-;13-;;;/m00.../s1. The number of nitrogens with one attached hydrogen (secondary N) is 1. The number of aromatic hydroxyl groups is 1. The van der Waals surface area contributed by atoms with Crippen LogP contribution >= 0.6 is 0 Å². The third-order valence-electron chi connectivity index (χ3n) is 12.9. The number of ether oxygens (including phenoxy) is 6.